The van der Waals surface area contributed by atoms with Gasteiger partial charge in [-0.05, 0) is 19.1 Å². The number of hydrogen-bond acceptors (Lipinski definition) is 4. The smallest absolute Gasteiger partial charge is 0.270 e. The Morgan fingerprint density at radius 1 is 1.35 bits per heavy atom. The molecule has 20 heavy (non-hydrogen) atoms. The molecule has 5 nitrogen and oxygen atoms in total. The van der Waals surface area contributed by atoms with Crippen LogP contribution in [0.3, 0.4) is 0 Å². The molecule has 0 radical (unpaired) electrons. The molecule has 0 aliphatic carbocycles. The van der Waals surface area contributed by atoms with Crippen LogP contribution < -0.4 is 5.32 Å². The van der Waals surface area contributed by atoms with Crippen LogP contribution in [0, 0.1) is 0 Å². The molecule has 106 valence electrons. The number of fused-ring (bicyclic) bond motifs is 1. The number of carbonyl (C=O) groups is 1. The molecule has 0 bridgehead atoms. The number of nitrogens with zero attached hydrogens (tertiary/aromatic N) is 1. The molecule has 3 N–H and O–H groups in total. The Morgan fingerprint density at radius 3 is 2.65 bits per heavy atom. The summed E-state index contributed by atoms with van der Waals surface area (Å²) < 4.78 is 0. The van der Waals surface area contributed by atoms with Crippen LogP contribution in [-0.2, 0) is 0 Å². The standard InChI is InChI=1S/C14H15ClN2O3/c1-14(7-18,8-19)17-13(20)12-6-10(15)9-4-2-3-5-11(9)16-12/h2-6,18-19H,7-8H2,1H3,(H,17,20). The molecule has 0 spiro atoms. The van der Waals surface area contributed by atoms with Crippen LogP contribution in [0.15, 0.2) is 30.3 Å². The van der Waals surface area contributed by atoms with Crippen molar-refractivity contribution in [3.63, 3.8) is 0 Å². The maximum atomic E-state index is 12.1. The molecular weight excluding hydrogens is 280 g/mol. The third-order valence-corrected chi connectivity index (χ3v) is 3.32. The van der Waals surface area contributed by atoms with Crippen LogP contribution in [-0.4, -0.2) is 39.9 Å². The van der Waals surface area contributed by atoms with E-state index in [2.05, 4.69) is 10.3 Å². The molecule has 2 aromatic rings. The number of aliphatic hydroxyl groups excluding tert-OH is 2. The van der Waals surface area contributed by atoms with Crippen molar-refractivity contribution in [1.29, 1.82) is 0 Å². The third kappa shape index (κ3) is 2.90. The average Bonchev–Trinajstić information content (AvgIpc) is 2.47. The van der Waals surface area contributed by atoms with Crippen molar-refractivity contribution in [3.8, 4) is 0 Å². The summed E-state index contributed by atoms with van der Waals surface area (Å²) in [7, 11) is 0. The number of amides is 1. The third-order valence-electron chi connectivity index (χ3n) is 3.01. The minimum Gasteiger partial charge on any atom is -0.394 e. The molecule has 1 amide bonds. The molecule has 2 rings (SSSR count). The average molecular weight is 295 g/mol. The molecule has 1 heterocycles. The molecule has 0 atom stereocenters. The van der Waals surface area contributed by atoms with Gasteiger partial charge in [0.15, 0.2) is 0 Å². The summed E-state index contributed by atoms with van der Waals surface area (Å²) in [6, 6.07) is 8.69. The lowest BCUT2D eigenvalue weighted by Crippen LogP contribution is -2.51. The van der Waals surface area contributed by atoms with Crippen molar-refractivity contribution < 1.29 is 15.0 Å². The molecule has 0 aliphatic heterocycles. The Balaban J connectivity index is 2.36. The van der Waals surface area contributed by atoms with Crippen molar-refractivity contribution >= 4 is 28.4 Å². The van der Waals surface area contributed by atoms with Gasteiger partial charge in [-0.15, -0.1) is 0 Å². The van der Waals surface area contributed by atoms with Gasteiger partial charge in [-0.1, -0.05) is 29.8 Å². The Bertz CT molecular complexity index is 641. The van der Waals surface area contributed by atoms with E-state index in [-0.39, 0.29) is 18.9 Å². The van der Waals surface area contributed by atoms with E-state index >= 15 is 0 Å². The summed E-state index contributed by atoms with van der Waals surface area (Å²) in [5.41, 5.74) is -0.349. The second-order valence-electron chi connectivity index (χ2n) is 4.84. The number of nitrogens with one attached hydrogen (secondary N) is 1. The van der Waals surface area contributed by atoms with Gasteiger partial charge in [-0.2, -0.15) is 0 Å². The van der Waals surface area contributed by atoms with Crippen LogP contribution in [0.1, 0.15) is 17.4 Å². The second-order valence-corrected chi connectivity index (χ2v) is 5.24. The number of aliphatic hydroxyl groups is 2. The molecule has 0 unspecified atom stereocenters. The normalized spacial score (nSPS) is 11.6. The lowest BCUT2D eigenvalue weighted by molar-refractivity contribution is 0.0720. The van der Waals surface area contributed by atoms with E-state index in [0.29, 0.717) is 10.5 Å². The summed E-state index contributed by atoms with van der Waals surface area (Å²) in [6.07, 6.45) is 0. The minimum absolute atomic E-state index is 0.141. The monoisotopic (exact) mass is 294 g/mol. The van der Waals surface area contributed by atoms with Crippen molar-refractivity contribution in [2.24, 2.45) is 0 Å². The van der Waals surface area contributed by atoms with Crippen molar-refractivity contribution in [3.05, 3.63) is 41.0 Å². The van der Waals surface area contributed by atoms with Crippen LogP contribution in [0.2, 0.25) is 5.02 Å². The highest BCUT2D eigenvalue weighted by molar-refractivity contribution is 6.35. The first-order valence-electron chi connectivity index (χ1n) is 6.08. The maximum absolute atomic E-state index is 12.1. The number of para-hydroxylation sites is 1. The van der Waals surface area contributed by atoms with Gasteiger partial charge >= 0.3 is 0 Å². The van der Waals surface area contributed by atoms with Gasteiger partial charge in [0, 0.05) is 5.39 Å². The fourth-order valence-corrected chi connectivity index (χ4v) is 1.98. The number of rotatable bonds is 4. The first kappa shape index (κ1) is 14.7. The van der Waals surface area contributed by atoms with Gasteiger partial charge in [0.05, 0.1) is 29.3 Å². The van der Waals surface area contributed by atoms with Gasteiger partial charge < -0.3 is 15.5 Å². The first-order chi connectivity index (χ1) is 9.49. The predicted octanol–water partition coefficient (Wildman–Crippen LogP) is 1.36. The molecule has 0 fully saturated rings. The van der Waals surface area contributed by atoms with E-state index in [9.17, 15) is 15.0 Å². The molecule has 1 aromatic heterocycles. The van der Waals surface area contributed by atoms with Gasteiger partial charge in [0.25, 0.3) is 5.91 Å². The Labute approximate surface area is 121 Å². The molecule has 0 saturated carbocycles. The highest BCUT2D eigenvalue weighted by atomic mass is 35.5. The fraction of sp³-hybridized carbons (Fsp3) is 0.286. The Kier molecular flexibility index (Phi) is 4.23. The molecule has 0 saturated heterocycles. The zero-order chi connectivity index (χ0) is 14.8. The highest BCUT2D eigenvalue weighted by Gasteiger charge is 2.26. The number of aromatic nitrogens is 1. The minimum atomic E-state index is -1.10. The molecule has 0 aliphatic rings. The zero-order valence-electron chi connectivity index (χ0n) is 10.9. The summed E-state index contributed by atoms with van der Waals surface area (Å²) >= 11 is 6.13. The number of halogens is 1. The lowest BCUT2D eigenvalue weighted by atomic mass is 10.1. The first-order valence-corrected chi connectivity index (χ1v) is 6.46. The van der Waals surface area contributed by atoms with E-state index in [0.717, 1.165) is 5.39 Å². The second kappa shape index (κ2) is 5.75. The quantitative estimate of drug-likeness (QED) is 0.795. The van der Waals surface area contributed by atoms with Gasteiger partial charge in [0.1, 0.15) is 5.69 Å². The van der Waals surface area contributed by atoms with Crippen LogP contribution in [0.5, 0.6) is 0 Å². The number of carbonyl (C=O) groups excluding carboxylic acids is 1. The molecule has 6 heteroatoms. The SMILES string of the molecule is CC(CO)(CO)NC(=O)c1cc(Cl)c2ccccc2n1. The summed E-state index contributed by atoms with van der Waals surface area (Å²) in [4.78, 5) is 16.3. The van der Waals surface area contributed by atoms with E-state index in [1.54, 1.807) is 12.1 Å². The molecular formula is C14H15ClN2O3. The highest BCUT2D eigenvalue weighted by Crippen LogP contribution is 2.22. The van der Waals surface area contributed by atoms with E-state index in [4.69, 9.17) is 11.6 Å². The fourth-order valence-electron chi connectivity index (χ4n) is 1.72. The van der Waals surface area contributed by atoms with Gasteiger partial charge in [-0.25, -0.2) is 4.98 Å². The van der Waals surface area contributed by atoms with Crippen LogP contribution >= 0.6 is 11.6 Å². The van der Waals surface area contributed by atoms with Crippen molar-refractivity contribution in [2.45, 2.75) is 12.5 Å². The zero-order valence-corrected chi connectivity index (χ0v) is 11.7. The van der Waals surface area contributed by atoms with Crippen molar-refractivity contribution in [2.75, 3.05) is 13.2 Å². The number of benzene rings is 1. The lowest BCUT2D eigenvalue weighted by Gasteiger charge is -2.25. The van der Waals surface area contributed by atoms with Crippen molar-refractivity contribution in [1.82, 2.24) is 10.3 Å². The van der Waals surface area contributed by atoms with E-state index in [1.807, 2.05) is 12.1 Å². The van der Waals surface area contributed by atoms with E-state index in [1.165, 1.54) is 13.0 Å². The Hall–Kier alpha value is -1.69. The predicted molar refractivity (Wildman–Crippen MR) is 76.8 cm³/mol. The summed E-state index contributed by atoms with van der Waals surface area (Å²) in [6.45, 7) is 0.778. The number of hydrogen-bond donors (Lipinski definition) is 3. The topological polar surface area (TPSA) is 82.5 Å². The summed E-state index contributed by atoms with van der Waals surface area (Å²) in [5, 5.41) is 22.1. The molecule has 1 aromatic carbocycles. The van der Waals surface area contributed by atoms with Gasteiger partial charge in [-0.3, -0.25) is 4.79 Å². The summed E-state index contributed by atoms with van der Waals surface area (Å²) in [5.74, 6) is -0.497. The largest absolute Gasteiger partial charge is 0.394 e. The number of pyridine rings is 1. The Morgan fingerprint density at radius 2 is 2.00 bits per heavy atom. The van der Waals surface area contributed by atoms with E-state index < -0.39 is 11.4 Å². The van der Waals surface area contributed by atoms with Crippen LogP contribution in [0.4, 0.5) is 0 Å². The van der Waals surface area contributed by atoms with Gasteiger partial charge in [0.2, 0.25) is 0 Å². The maximum Gasteiger partial charge on any atom is 0.270 e. The van der Waals surface area contributed by atoms with Crippen LogP contribution in [0.25, 0.3) is 10.9 Å².